The quantitative estimate of drug-likeness (QED) is 0.589. The fraction of sp³-hybridized carbons (Fsp3) is 0.294. The molecule has 1 aromatic heterocycles. The SMILES string of the molecule is Cc1cc(C)c(OCCC#Cc2cccs2)c(C)c1. The van der Waals surface area contributed by atoms with Crippen LogP contribution in [-0.4, -0.2) is 6.61 Å². The molecule has 1 heterocycles. The van der Waals surface area contributed by atoms with Crippen molar-refractivity contribution in [2.24, 2.45) is 0 Å². The Morgan fingerprint density at radius 1 is 1.16 bits per heavy atom. The molecule has 0 amide bonds. The molecule has 1 nitrogen and oxygen atoms in total. The van der Waals surface area contributed by atoms with Gasteiger partial charge < -0.3 is 4.74 Å². The lowest BCUT2D eigenvalue weighted by atomic mass is 10.1. The van der Waals surface area contributed by atoms with Gasteiger partial charge in [-0.25, -0.2) is 0 Å². The van der Waals surface area contributed by atoms with E-state index in [1.807, 2.05) is 17.5 Å². The van der Waals surface area contributed by atoms with E-state index in [2.05, 4.69) is 44.7 Å². The van der Waals surface area contributed by atoms with Gasteiger partial charge in [0.25, 0.3) is 0 Å². The van der Waals surface area contributed by atoms with Gasteiger partial charge in [-0.1, -0.05) is 35.6 Å². The minimum absolute atomic E-state index is 0.642. The van der Waals surface area contributed by atoms with Gasteiger partial charge in [0, 0.05) is 6.42 Å². The molecule has 0 aliphatic rings. The summed E-state index contributed by atoms with van der Waals surface area (Å²) in [4.78, 5) is 1.11. The molecule has 0 aliphatic carbocycles. The zero-order chi connectivity index (χ0) is 13.7. The van der Waals surface area contributed by atoms with Crippen LogP contribution >= 0.6 is 11.3 Å². The van der Waals surface area contributed by atoms with Crippen LogP contribution in [0.3, 0.4) is 0 Å². The van der Waals surface area contributed by atoms with Gasteiger partial charge in [0.05, 0.1) is 11.5 Å². The van der Waals surface area contributed by atoms with Gasteiger partial charge in [-0.15, -0.1) is 11.3 Å². The maximum Gasteiger partial charge on any atom is 0.125 e. The Hall–Kier alpha value is -1.72. The van der Waals surface area contributed by atoms with Crippen LogP contribution < -0.4 is 4.74 Å². The Kier molecular flexibility index (Phi) is 4.65. The highest BCUT2D eigenvalue weighted by Crippen LogP contribution is 2.24. The summed E-state index contributed by atoms with van der Waals surface area (Å²) in [5, 5.41) is 2.04. The van der Waals surface area contributed by atoms with Crippen molar-refractivity contribution in [2.75, 3.05) is 6.61 Å². The normalized spacial score (nSPS) is 9.84. The van der Waals surface area contributed by atoms with Crippen molar-refractivity contribution < 1.29 is 4.74 Å². The van der Waals surface area contributed by atoms with Gasteiger partial charge >= 0.3 is 0 Å². The topological polar surface area (TPSA) is 9.23 Å². The minimum Gasteiger partial charge on any atom is -0.492 e. The van der Waals surface area contributed by atoms with E-state index in [1.165, 1.54) is 16.7 Å². The minimum atomic E-state index is 0.642. The maximum atomic E-state index is 5.84. The van der Waals surface area contributed by atoms with Gasteiger partial charge in [-0.3, -0.25) is 0 Å². The highest BCUT2D eigenvalue weighted by atomic mass is 32.1. The van der Waals surface area contributed by atoms with Crippen molar-refractivity contribution in [3.63, 3.8) is 0 Å². The molecule has 2 heteroatoms. The first kappa shape index (κ1) is 13.7. The summed E-state index contributed by atoms with van der Waals surface area (Å²) < 4.78 is 5.84. The molecule has 0 aliphatic heterocycles. The fourth-order valence-corrected chi connectivity index (χ4v) is 2.69. The van der Waals surface area contributed by atoms with Gasteiger partial charge in [-0.05, 0) is 43.3 Å². The number of thiophene rings is 1. The van der Waals surface area contributed by atoms with Gasteiger partial charge in [0.1, 0.15) is 5.75 Å². The van der Waals surface area contributed by atoms with E-state index in [4.69, 9.17) is 4.74 Å². The van der Waals surface area contributed by atoms with Crippen molar-refractivity contribution in [1.82, 2.24) is 0 Å². The molecule has 2 rings (SSSR count). The lowest BCUT2D eigenvalue weighted by Crippen LogP contribution is -2.00. The maximum absolute atomic E-state index is 5.84. The average Bonchev–Trinajstić information content (AvgIpc) is 2.84. The van der Waals surface area contributed by atoms with Crippen LogP contribution in [0, 0.1) is 32.6 Å². The van der Waals surface area contributed by atoms with Crippen LogP contribution in [0.5, 0.6) is 5.75 Å². The zero-order valence-electron chi connectivity index (χ0n) is 11.6. The van der Waals surface area contributed by atoms with E-state index in [-0.39, 0.29) is 0 Å². The molecular formula is C17H18OS. The van der Waals surface area contributed by atoms with E-state index in [9.17, 15) is 0 Å². The van der Waals surface area contributed by atoms with Gasteiger partial charge in [-0.2, -0.15) is 0 Å². The summed E-state index contributed by atoms with van der Waals surface area (Å²) in [6.07, 6.45) is 0.755. The van der Waals surface area contributed by atoms with Crippen LogP contribution in [0.1, 0.15) is 28.0 Å². The van der Waals surface area contributed by atoms with Crippen LogP contribution in [0.15, 0.2) is 29.6 Å². The second-order valence-corrected chi connectivity index (χ2v) is 5.55. The average molecular weight is 270 g/mol. The van der Waals surface area contributed by atoms with E-state index < -0.39 is 0 Å². The summed E-state index contributed by atoms with van der Waals surface area (Å²) in [6.45, 7) is 6.93. The molecule has 0 bridgehead atoms. The Morgan fingerprint density at radius 2 is 1.89 bits per heavy atom. The number of ether oxygens (including phenoxy) is 1. The Labute approximate surface area is 119 Å². The molecule has 0 spiro atoms. The van der Waals surface area contributed by atoms with Crippen molar-refractivity contribution in [3.05, 3.63) is 51.2 Å². The van der Waals surface area contributed by atoms with Crippen LogP contribution in [0.4, 0.5) is 0 Å². The van der Waals surface area contributed by atoms with E-state index in [0.717, 1.165) is 17.0 Å². The standard InChI is InChI=1S/C17H18OS/c1-13-11-14(2)17(15(3)12-13)18-9-5-4-7-16-8-6-10-19-16/h6,8,10-12H,5,9H2,1-3H3. The molecule has 0 N–H and O–H groups in total. The number of benzene rings is 1. The summed E-state index contributed by atoms with van der Waals surface area (Å²) in [5.74, 6) is 7.28. The summed E-state index contributed by atoms with van der Waals surface area (Å²) in [5.41, 5.74) is 3.67. The first-order chi connectivity index (χ1) is 9.16. The molecule has 0 saturated carbocycles. The Bertz CT molecular complexity index is 577. The van der Waals surface area contributed by atoms with E-state index in [1.54, 1.807) is 11.3 Å². The fourth-order valence-electron chi connectivity index (χ4n) is 2.10. The monoisotopic (exact) mass is 270 g/mol. The predicted molar refractivity (Wildman–Crippen MR) is 82.0 cm³/mol. The number of aryl methyl sites for hydroxylation is 3. The largest absolute Gasteiger partial charge is 0.492 e. The highest BCUT2D eigenvalue weighted by molar-refractivity contribution is 7.10. The number of hydrogen-bond acceptors (Lipinski definition) is 2. The number of hydrogen-bond donors (Lipinski definition) is 0. The van der Waals surface area contributed by atoms with Crippen molar-refractivity contribution in [2.45, 2.75) is 27.2 Å². The summed E-state index contributed by atoms with van der Waals surface area (Å²) >= 11 is 1.67. The molecule has 0 fully saturated rings. The molecule has 0 atom stereocenters. The van der Waals surface area contributed by atoms with Gasteiger partial charge in [0.2, 0.25) is 0 Å². The first-order valence-electron chi connectivity index (χ1n) is 6.40. The molecule has 2 aromatic rings. The second kappa shape index (κ2) is 6.45. The zero-order valence-corrected chi connectivity index (χ0v) is 12.4. The predicted octanol–water partition coefficient (Wildman–Crippen LogP) is 4.49. The molecule has 0 saturated heterocycles. The third-order valence-electron chi connectivity index (χ3n) is 2.81. The third-order valence-corrected chi connectivity index (χ3v) is 3.60. The van der Waals surface area contributed by atoms with Crippen LogP contribution in [-0.2, 0) is 0 Å². The second-order valence-electron chi connectivity index (χ2n) is 4.61. The van der Waals surface area contributed by atoms with Crippen molar-refractivity contribution in [1.29, 1.82) is 0 Å². The molecule has 98 valence electrons. The van der Waals surface area contributed by atoms with Crippen molar-refractivity contribution >= 4 is 11.3 Å². The van der Waals surface area contributed by atoms with Crippen LogP contribution in [0.25, 0.3) is 0 Å². The molecule has 0 unspecified atom stereocenters. The summed E-state index contributed by atoms with van der Waals surface area (Å²) in [6, 6.07) is 8.36. The van der Waals surface area contributed by atoms with Crippen LogP contribution in [0.2, 0.25) is 0 Å². The lowest BCUT2D eigenvalue weighted by Gasteiger charge is -2.11. The smallest absolute Gasteiger partial charge is 0.125 e. The molecule has 0 radical (unpaired) electrons. The summed E-state index contributed by atoms with van der Waals surface area (Å²) in [7, 11) is 0. The Balaban J connectivity index is 1.90. The third kappa shape index (κ3) is 3.87. The Morgan fingerprint density at radius 3 is 2.53 bits per heavy atom. The lowest BCUT2D eigenvalue weighted by molar-refractivity contribution is 0.322. The van der Waals surface area contributed by atoms with E-state index >= 15 is 0 Å². The molecule has 19 heavy (non-hydrogen) atoms. The molecular weight excluding hydrogens is 252 g/mol. The van der Waals surface area contributed by atoms with Gasteiger partial charge in [0.15, 0.2) is 0 Å². The highest BCUT2D eigenvalue weighted by Gasteiger charge is 2.04. The first-order valence-corrected chi connectivity index (χ1v) is 7.28. The number of rotatable bonds is 3. The van der Waals surface area contributed by atoms with E-state index in [0.29, 0.717) is 6.61 Å². The van der Waals surface area contributed by atoms with Crippen molar-refractivity contribution in [3.8, 4) is 17.6 Å². The molecule has 1 aromatic carbocycles.